The summed E-state index contributed by atoms with van der Waals surface area (Å²) < 4.78 is 12.0. The Bertz CT molecular complexity index is 538. The molecule has 0 amide bonds. The summed E-state index contributed by atoms with van der Waals surface area (Å²) in [6.45, 7) is 12.1. The maximum absolute atomic E-state index is 6.23. The highest BCUT2D eigenvalue weighted by atomic mass is 16.5. The van der Waals surface area contributed by atoms with Gasteiger partial charge in [-0.15, -0.1) is 0 Å². The van der Waals surface area contributed by atoms with Gasteiger partial charge in [-0.2, -0.15) is 0 Å². The number of furan rings is 1. The zero-order chi connectivity index (χ0) is 16.5. The molecule has 24 heavy (non-hydrogen) atoms. The van der Waals surface area contributed by atoms with Gasteiger partial charge in [-0.05, 0) is 45.0 Å². The molecule has 134 valence electrons. The number of piperidine rings is 1. The Kier molecular flexibility index (Phi) is 4.95. The van der Waals surface area contributed by atoms with E-state index in [9.17, 15) is 0 Å². The number of rotatable bonds is 4. The molecule has 3 saturated heterocycles. The SMILES string of the molecule is Cc1ccc(CN2CC[C@@H]3CO[C@@H](CN4CCN(C)CC4)[C@@H]3C2)o1. The first-order valence-electron chi connectivity index (χ1n) is 9.47. The molecule has 3 fully saturated rings. The average Bonchev–Trinajstić information content (AvgIpc) is 3.16. The van der Waals surface area contributed by atoms with Gasteiger partial charge in [-0.3, -0.25) is 9.80 Å². The van der Waals surface area contributed by atoms with Crippen molar-refractivity contribution in [1.82, 2.24) is 14.7 Å². The summed E-state index contributed by atoms with van der Waals surface area (Å²) in [4.78, 5) is 7.58. The Morgan fingerprint density at radius 2 is 1.92 bits per heavy atom. The van der Waals surface area contributed by atoms with Gasteiger partial charge in [0.05, 0.1) is 19.3 Å². The van der Waals surface area contributed by atoms with Gasteiger partial charge < -0.3 is 14.1 Å². The maximum atomic E-state index is 6.23. The van der Waals surface area contributed by atoms with Crippen LogP contribution in [-0.4, -0.2) is 80.3 Å². The van der Waals surface area contributed by atoms with E-state index in [2.05, 4.69) is 33.9 Å². The van der Waals surface area contributed by atoms with E-state index in [4.69, 9.17) is 9.15 Å². The molecule has 0 unspecified atom stereocenters. The number of ether oxygens (including phenoxy) is 1. The van der Waals surface area contributed by atoms with Crippen LogP contribution in [0.15, 0.2) is 16.5 Å². The van der Waals surface area contributed by atoms with Gasteiger partial charge in [-0.25, -0.2) is 0 Å². The predicted octanol–water partition coefficient (Wildman–Crippen LogP) is 1.67. The highest BCUT2D eigenvalue weighted by molar-refractivity contribution is 5.06. The monoisotopic (exact) mass is 333 g/mol. The van der Waals surface area contributed by atoms with Crippen LogP contribution >= 0.6 is 0 Å². The highest BCUT2D eigenvalue weighted by Crippen LogP contribution is 2.35. The second-order valence-corrected chi connectivity index (χ2v) is 7.94. The third kappa shape index (κ3) is 3.69. The minimum Gasteiger partial charge on any atom is -0.465 e. The van der Waals surface area contributed by atoms with E-state index in [1.165, 1.54) is 39.1 Å². The van der Waals surface area contributed by atoms with Crippen LogP contribution in [-0.2, 0) is 11.3 Å². The minimum atomic E-state index is 0.416. The van der Waals surface area contributed by atoms with Crippen LogP contribution in [0.4, 0.5) is 0 Å². The van der Waals surface area contributed by atoms with Gasteiger partial charge in [-0.1, -0.05) is 0 Å². The molecule has 4 rings (SSSR count). The number of hydrogen-bond donors (Lipinski definition) is 0. The van der Waals surface area contributed by atoms with Crippen molar-refractivity contribution in [3.05, 3.63) is 23.7 Å². The minimum absolute atomic E-state index is 0.416. The number of piperazine rings is 1. The standard InChI is InChI=1S/C19H31N3O2/c1-15-3-4-17(24-15)11-22-6-5-16-14-23-19(18(16)12-22)13-21-9-7-20(2)8-10-21/h3-4,16,18-19H,5-14H2,1-2H3/t16-,18-,19+/m1/s1. The summed E-state index contributed by atoms with van der Waals surface area (Å²) in [6, 6.07) is 4.19. The molecule has 5 nitrogen and oxygen atoms in total. The quantitative estimate of drug-likeness (QED) is 0.837. The number of likely N-dealkylation sites (N-methyl/N-ethyl adjacent to an activating group) is 1. The molecule has 0 aromatic carbocycles. The van der Waals surface area contributed by atoms with E-state index in [1.54, 1.807) is 0 Å². The predicted molar refractivity (Wildman–Crippen MR) is 94.0 cm³/mol. The Labute approximate surface area is 145 Å². The molecule has 0 N–H and O–H groups in total. The van der Waals surface area contributed by atoms with Gasteiger partial charge in [0, 0.05) is 45.2 Å². The Morgan fingerprint density at radius 3 is 2.67 bits per heavy atom. The van der Waals surface area contributed by atoms with Gasteiger partial charge >= 0.3 is 0 Å². The Balaban J connectivity index is 1.33. The summed E-state index contributed by atoms with van der Waals surface area (Å²) in [7, 11) is 2.22. The summed E-state index contributed by atoms with van der Waals surface area (Å²) in [5.41, 5.74) is 0. The number of aryl methyl sites for hydroxylation is 1. The molecule has 0 aliphatic carbocycles. The fourth-order valence-corrected chi connectivity index (χ4v) is 4.51. The first-order valence-corrected chi connectivity index (χ1v) is 9.47. The Hall–Kier alpha value is -0.880. The third-order valence-corrected chi connectivity index (χ3v) is 6.10. The fraction of sp³-hybridized carbons (Fsp3) is 0.789. The smallest absolute Gasteiger partial charge is 0.118 e. The van der Waals surface area contributed by atoms with Crippen LogP contribution in [0.1, 0.15) is 17.9 Å². The van der Waals surface area contributed by atoms with Crippen molar-refractivity contribution in [3.8, 4) is 0 Å². The molecule has 5 heteroatoms. The lowest BCUT2D eigenvalue weighted by Crippen LogP contribution is -2.49. The molecule has 1 aromatic heterocycles. The highest BCUT2D eigenvalue weighted by Gasteiger charge is 2.41. The van der Waals surface area contributed by atoms with Crippen molar-refractivity contribution in [2.75, 3.05) is 59.5 Å². The molecule has 1 aromatic rings. The molecule has 0 saturated carbocycles. The van der Waals surface area contributed by atoms with E-state index in [1.807, 2.05) is 6.92 Å². The van der Waals surface area contributed by atoms with Crippen LogP contribution in [0.25, 0.3) is 0 Å². The zero-order valence-electron chi connectivity index (χ0n) is 15.1. The van der Waals surface area contributed by atoms with Gasteiger partial charge in [0.25, 0.3) is 0 Å². The summed E-state index contributed by atoms with van der Waals surface area (Å²) in [5, 5.41) is 0. The summed E-state index contributed by atoms with van der Waals surface area (Å²) in [5.74, 6) is 3.56. The Morgan fingerprint density at radius 1 is 1.08 bits per heavy atom. The number of hydrogen-bond acceptors (Lipinski definition) is 5. The molecule has 0 radical (unpaired) electrons. The second-order valence-electron chi connectivity index (χ2n) is 7.94. The van der Waals surface area contributed by atoms with Crippen molar-refractivity contribution >= 4 is 0 Å². The molecule has 0 bridgehead atoms. The lowest BCUT2D eigenvalue weighted by Gasteiger charge is -2.38. The molecule has 3 aliphatic heterocycles. The molecule has 3 atom stereocenters. The van der Waals surface area contributed by atoms with Crippen LogP contribution in [0.2, 0.25) is 0 Å². The maximum Gasteiger partial charge on any atom is 0.118 e. The topological polar surface area (TPSA) is 32.1 Å². The number of fused-ring (bicyclic) bond motifs is 1. The van der Waals surface area contributed by atoms with E-state index < -0.39 is 0 Å². The van der Waals surface area contributed by atoms with Crippen molar-refractivity contribution in [3.63, 3.8) is 0 Å². The van der Waals surface area contributed by atoms with Crippen molar-refractivity contribution < 1.29 is 9.15 Å². The molecule has 0 spiro atoms. The van der Waals surface area contributed by atoms with E-state index >= 15 is 0 Å². The largest absolute Gasteiger partial charge is 0.465 e. The second kappa shape index (κ2) is 7.16. The van der Waals surface area contributed by atoms with Gasteiger partial charge in [0.2, 0.25) is 0 Å². The number of likely N-dealkylation sites (tertiary alicyclic amines) is 1. The van der Waals surface area contributed by atoms with Crippen LogP contribution in [0.5, 0.6) is 0 Å². The molecule has 4 heterocycles. The first kappa shape index (κ1) is 16.6. The lowest BCUT2D eigenvalue weighted by molar-refractivity contribution is 0.0289. The van der Waals surface area contributed by atoms with Gasteiger partial charge in [0.15, 0.2) is 0 Å². The van der Waals surface area contributed by atoms with Crippen molar-refractivity contribution in [1.29, 1.82) is 0 Å². The third-order valence-electron chi connectivity index (χ3n) is 6.10. The zero-order valence-corrected chi connectivity index (χ0v) is 15.1. The fourth-order valence-electron chi connectivity index (χ4n) is 4.51. The molecular weight excluding hydrogens is 302 g/mol. The number of nitrogens with zero attached hydrogens (tertiary/aromatic N) is 3. The van der Waals surface area contributed by atoms with E-state index in [0.29, 0.717) is 12.0 Å². The van der Waals surface area contributed by atoms with Gasteiger partial charge in [0.1, 0.15) is 11.5 Å². The van der Waals surface area contributed by atoms with E-state index in [-0.39, 0.29) is 0 Å². The lowest BCUT2D eigenvalue weighted by atomic mass is 9.84. The van der Waals surface area contributed by atoms with Crippen LogP contribution < -0.4 is 0 Å². The van der Waals surface area contributed by atoms with Crippen molar-refractivity contribution in [2.24, 2.45) is 11.8 Å². The van der Waals surface area contributed by atoms with E-state index in [0.717, 1.165) is 43.7 Å². The first-order chi connectivity index (χ1) is 11.7. The summed E-state index contributed by atoms with van der Waals surface area (Å²) >= 11 is 0. The normalized spacial score (nSPS) is 33.0. The van der Waals surface area contributed by atoms with Crippen LogP contribution in [0.3, 0.4) is 0 Å². The van der Waals surface area contributed by atoms with Crippen LogP contribution in [0, 0.1) is 18.8 Å². The molecule has 3 aliphatic rings. The van der Waals surface area contributed by atoms with Crippen molar-refractivity contribution in [2.45, 2.75) is 26.0 Å². The average molecular weight is 333 g/mol. The molecular formula is C19H31N3O2. The summed E-state index contributed by atoms with van der Waals surface area (Å²) in [6.07, 6.45) is 1.68.